The van der Waals surface area contributed by atoms with Gasteiger partial charge in [-0.15, -0.1) is 0 Å². The predicted molar refractivity (Wildman–Crippen MR) is 108 cm³/mol. The van der Waals surface area contributed by atoms with E-state index in [2.05, 4.69) is 30.9 Å². The van der Waals surface area contributed by atoms with Crippen molar-refractivity contribution in [3.8, 4) is 5.82 Å². The van der Waals surface area contributed by atoms with Gasteiger partial charge in [-0.1, -0.05) is 0 Å². The second kappa shape index (κ2) is 8.53. The SMILES string of the molecule is O=C(Nc1ccc(Nc2cc(-n3ccnc3)ncn2)cc1)Nc1ccc(F)c(F)c1F. The van der Waals surface area contributed by atoms with Gasteiger partial charge in [-0.05, 0) is 36.4 Å². The number of amides is 2. The Kier molecular flexibility index (Phi) is 5.47. The van der Waals surface area contributed by atoms with Crippen molar-refractivity contribution in [3.05, 3.63) is 85.0 Å². The van der Waals surface area contributed by atoms with Crippen LogP contribution in [0, 0.1) is 17.5 Å². The van der Waals surface area contributed by atoms with E-state index < -0.39 is 29.2 Å². The summed E-state index contributed by atoms with van der Waals surface area (Å²) < 4.78 is 41.6. The fraction of sp³-hybridized carbons (Fsp3) is 0. The molecule has 4 aromatic rings. The number of anilines is 4. The van der Waals surface area contributed by atoms with Gasteiger partial charge in [0.1, 0.15) is 24.3 Å². The lowest BCUT2D eigenvalue weighted by atomic mass is 10.2. The first-order valence-corrected chi connectivity index (χ1v) is 8.88. The number of carbonyl (C=O) groups is 1. The molecule has 0 atom stereocenters. The Bertz CT molecular complexity index is 1210. The summed E-state index contributed by atoms with van der Waals surface area (Å²) in [5.41, 5.74) is 0.605. The van der Waals surface area contributed by atoms with E-state index in [1.54, 1.807) is 53.6 Å². The zero-order valence-corrected chi connectivity index (χ0v) is 15.7. The van der Waals surface area contributed by atoms with Crippen molar-refractivity contribution in [1.82, 2.24) is 19.5 Å². The van der Waals surface area contributed by atoms with Gasteiger partial charge in [0.2, 0.25) is 0 Å². The van der Waals surface area contributed by atoms with Crippen molar-refractivity contribution in [1.29, 1.82) is 0 Å². The zero-order chi connectivity index (χ0) is 21.8. The van der Waals surface area contributed by atoms with Gasteiger partial charge in [-0.3, -0.25) is 4.57 Å². The van der Waals surface area contributed by atoms with E-state index >= 15 is 0 Å². The first-order chi connectivity index (χ1) is 15.0. The van der Waals surface area contributed by atoms with E-state index in [1.165, 1.54) is 6.33 Å². The number of imidazole rings is 1. The molecule has 156 valence electrons. The van der Waals surface area contributed by atoms with Gasteiger partial charge in [0, 0.05) is 29.8 Å². The minimum Gasteiger partial charge on any atom is -0.340 e. The number of nitrogens with zero attached hydrogens (tertiary/aromatic N) is 4. The van der Waals surface area contributed by atoms with Crippen LogP contribution in [-0.2, 0) is 0 Å². The van der Waals surface area contributed by atoms with Gasteiger partial charge in [0.05, 0.1) is 5.69 Å². The second-order valence-corrected chi connectivity index (χ2v) is 6.24. The third kappa shape index (κ3) is 4.61. The summed E-state index contributed by atoms with van der Waals surface area (Å²) in [5, 5.41) is 7.71. The number of halogens is 3. The third-order valence-corrected chi connectivity index (χ3v) is 4.12. The molecule has 0 bridgehead atoms. The molecule has 2 aromatic heterocycles. The van der Waals surface area contributed by atoms with Crippen molar-refractivity contribution in [2.45, 2.75) is 0 Å². The number of nitrogens with one attached hydrogen (secondary N) is 3. The summed E-state index contributed by atoms with van der Waals surface area (Å²) in [7, 11) is 0. The number of rotatable bonds is 5. The highest BCUT2D eigenvalue weighted by Crippen LogP contribution is 2.21. The zero-order valence-electron chi connectivity index (χ0n) is 15.7. The summed E-state index contributed by atoms with van der Waals surface area (Å²) in [5.74, 6) is -3.29. The minimum absolute atomic E-state index is 0.396. The molecule has 4 rings (SSSR count). The molecule has 0 saturated heterocycles. The highest BCUT2D eigenvalue weighted by Gasteiger charge is 2.15. The molecule has 2 aromatic carbocycles. The number of urea groups is 1. The van der Waals surface area contributed by atoms with Gasteiger partial charge in [0.25, 0.3) is 0 Å². The van der Waals surface area contributed by atoms with Gasteiger partial charge in [-0.2, -0.15) is 0 Å². The molecule has 0 fully saturated rings. The monoisotopic (exact) mass is 425 g/mol. The van der Waals surface area contributed by atoms with E-state index in [4.69, 9.17) is 0 Å². The second-order valence-electron chi connectivity index (χ2n) is 6.24. The van der Waals surface area contributed by atoms with E-state index in [1.807, 2.05) is 0 Å². The third-order valence-electron chi connectivity index (χ3n) is 4.12. The molecular weight excluding hydrogens is 411 g/mol. The smallest absolute Gasteiger partial charge is 0.323 e. The van der Waals surface area contributed by atoms with Crippen LogP contribution in [0.1, 0.15) is 0 Å². The Morgan fingerprint density at radius 2 is 1.68 bits per heavy atom. The average Bonchev–Trinajstić information content (AvgIpc) is 3.31. The van der Waals surface area contributed by atoms with Crippen LogP contribution in [0.2, 0.25) is 0 Å². The molecule has 0 radical (unpaired) electrons. The summed E-state index contributed by atoms with van der Waals surface area (Å²) >= 11 is 0. The quantitative estimate of drug-likeness (QED) is 0.410. The molecule has 2 heterocycles. The topological polar surface area (TPSA) is 96.8 Å². The van der Waals surface area contributed by atoms with Crippen LogP contribution in [0.3, 0.4) is 0 Å². The average molecular weight is 425 g/mol. The molecule has 2 amide bonds. The molecule has 11 heteroatoms. The van der Waals surface area contributed by atoms with Crippen LogP contribution in [0.15, 0.2) is 67.5 Å². The molecule has 0 saturated carbocycles. The van der Waals surface area contributed by atoms with Crippen molar-refractivity contribution >= 4 is 28.9 Å². The van der Waals surface area contributed by atoms with Gasteiger partial charge in [0.15, 0.2) is 17.5 Å². The number of aromatic nitrogens is 4. The van der Waals surface area contributed by atoms with Crippen LogP contribution < -0.4 is 16.0 Å². The Hall–Kier alpha value is -4.41. The lowest BCUT2D eigenvalue weighted by Crippen LogP contribution is -2.20. The van der Waals surface area contributed by atoms with Crippen LogP contribution in [-0.4, -0.2) is 25.6 Å². The van der Waals surface area contributed by atoms with E-state index in [9.17, 15) is 18.0 Å². The first kappa shape index (κ1) is 19.9. The van der Waals surface area contributed by atoms with Crippen LogP contribution >= 0.6 is 0 Å². The summed E-state index contributed by atoms with van der Waals surface area (Å²) in [6, 6.07) is 9.14. The van der Waals surface area contributed by atoms with Crippen LogP contribution in [0.25, 0.3) is 5.82 Å². The lowest BCUT2D eigenvalue weighted by Gasteiger charge is -2.10. The molecule has 0 spiro atoms. The van der Waals surface area contributed by atoms with Gasteiger partial charge >= 0.3 is 6.03 Å². The summed E-state index contributed by atoms with van der Waals surface area (Å²) in [6.45, 7) is 0. The molecule has 8 nitrogen and oxygen atoms in total. The van der Waals surface area contributed by atoms with Crippen molar-refractivity contribution in [2.24, 2.45) is 0 Å². The number of benzene rings is 2. The van der Waals surface area contributed by atoms with Crippen LogP contribution in [0.5, 0.6) is 0 Å². The van der Waals surface area contributed by atoms with Crippen molar-refractivity contribution in [3.63, 3.8) is 0 Å². The Labute approximate surface area is 173 Å². The van der Waals surface area contributed by atoms with Crippen molar-refractivity contribution < 1.29 is 18.0 Å². The van der Waals surface area contributed by atoms with Crippen molar-refractivity contribution in [2.75, 3.05) is 16.0 Å². The molecule has 31 heavy (non-hydrogen) atoms. The minimum atomic E-state index is -1.66. The van der Waals surface area contributed by atoms with E-state index in [-0.39, 0.29) is 0 Å². The maximum Gasteiger partial charge on any atom is 0.323 e. The maximum absolute atomic E-state index is 13.7. The fourth-order valence-electron chi connectivity index (χ4n) is 2.64. The Morgan fingerprint density at radius 1 is 0.903 bits per heavy atom. The number of hydrogen-bond acceptors (Lipinski definition) is 5. The first-order valence-electron chi connectivity index (χ1n) is 8.88. The number of hydrogen-bond donors (Lipinski definition) is 3. The summed E-state index contributed by atoms with van der Waals surface area (Å²) in [6.07, 6.45) is 6.42. The van der Waals surface area contributed by atoms with E-state index in [0.717, 1.165) is 12.1 Å². The molecule has 0 unspecified atom stereocenters. The lowest BCUT2D eigenvalue weighted by molar-refractivity contribution is 0.262. The molecule has 0 aliphatic rings. The van der Waals surface area contributed by atoms with Crippen LogP contribution in [0.4, 0.5) is 40.8 Å². The van der Waals surface area contributed by atoms with Gasteiger partial charge in [-0.25, -0.2) is 32.9 Å². The molecule has 0 aliphatic heterocycles. The highest BCUT2D eigenvalue weighted by molar-refractivity contribution is 5.99. The molecular formula is C20H14F3N7O. The number of carbonyl (C=O) groups excluding carboxylic acids is 1. The Morgan fingerprint density at radius 3 is 2.42 bits per heavy atom. The standard InChI is InChI=1S/C20H14F3N7O/c21-14-5-6-15(19(23)18(14)22)29-20(31)28-13-3-1-12(2-4-13)27-16-9-17(26-10-25-16)30-8-7-24-11-30/h1-11H,(H,25,26,27)(H2,28,29,31). The maximum atomic E-state index is 13.7. The molecule has 0 aliphatic carbocycles. The summed E-state index contributed by atoms with van der Waals surface area (Å²) in [4.78, 5) is 24.3. The largest absolute Gasteiger partial charge is 0.340 e. The Balaban J connectivity index is 1.39. The highest BCUT2D eigenvalue weighted by atomic mass is 19.2. The molecule has 3 N–H and O–H groups in total. The predicted octanol–water partition coefficient (Wildman–Crippen LogP) is 4.47. The fourth-order valence-corrected chi connectivity index (χ4v) is 2.64. The van der Waals surface area contributed by atoms with E-state index in [0.29, 0.717) is 23.0 Å². The normalized spacial score (nSPS) is 10.5. The van der Waals surface area contributed by atoms with Gasteiger partial charge < -0.3 is 16.0 Å².